The topological polar surface area (TPSA) is 81.6 Å². The van der Waals surface area contributed by atoms with Crippen molar-refractivity contribution in [2.45, 2.75) is 13.1 Å². The molecule has 3 N–H and O–H groups in total. The number of anilines is 3. The molecule has 0 aliphatic carbocycles. The van der Waals surface area contributed by atoms with E-state index >= 15 is 0 Å². The predicted octanol–water partition coefficient (Wildman–Crippen LogP) is 4.55. The van der Waals surface area contributed by atoms with Gasteiger partial charge in [-0.3, -0.25) is 4.57 Å². The lowest BCUT2D eigenvalue weighted by Gasteiger charge is -2.11. The highest BCUT2D eigenvalue weighted by Gasteiger charge is 2.22. The number of nitrogens with one attached hydrogen (secondary N) is 1. The van der Waals surface area contributed by atoms with Crippen LogP contribution >= 0.6 is 0 Å². The van der Waals surface area contributed by atoms with Crippen LogP contribution in [0.3, 0.4) is 0 Å². The van der Waals surface area contributed by atoms with Crippen LogP contribution in [0.1, 0.15) is 17.8 Å². The van der Waals surface area contributed by atoms with Crippen molar-refractivity contribution in [1.29, 1.82) is 0 Å². The Kier molecular flexibility index (Phi) is 4.56. The Bertz CT molecular complexity index is 1120. The van der Waals surface area contributed by atoms with Gasteiger partial charge in [0.05, 0.1) is 11.0 Å². The lowest BCUT2D eigenvalue weighted by atomic mass is 10.2. The summed E-state index contributed by atoms with van der Waals surface area (Å²) in [4.78, 5) is 12.4. The first-order valence-electron chi connectivity index (χ1n) is 8.37. The Morgan fingerprint density at radius 2 is 1.75 bits per heavy atom. The van der Waals surface area contributed by atoms with Crippen LogP contribution in [0.15, 0.2) is 54.6 Å². The average Bonchev–Trinajstić information content (AvgIpc) is 3.08. The number of nitrogens with zero attached hydrogens (tertiary/aromatic N) is 4. The summed E-state index contributed by atoms with van der Waals surface area (Å²) >= 11 is 0. The molecule has 4 aromatic rings. The number of alkyl halides is 3. The first kappa shape index (κ1) is 17.8. The van der Waals surface area contributed by atoms with Gasteiger partial charge < -0.3 is 11.1 Å². The molecule has 0 bridgehead atoms. The quantitative estimate of drug-likeness (QED) is 0.528. The SMILES string of the molecule is Nc1cc(Nc2ccc(CF)cc2)nc(-n2c(C(F)F)nc3ccccc32)n1. The lowest BCUT2D eigenvalue weighted by Crippen LogP contribution is -2.09. The van der Waals surface area contributed by atoms with Gasteiger partial charge in [0.2, 0.25) is 5.95 Å². The van der Waals surface area contributed by atoms with Crippen molar-refractivity contribution in [3.8, 4) is 5.95 Å². The van der Waals surface area contributed by atoms with E-state index in [2.05, 4.69) is 20.3 Å². The van der Waals surface area contributed by atoms with Crippen molar-refractivity contribution in [3.63, 3.8) is 0 Å². The molecule has 4 rings (SSSR count). The number of halogens is 3. The third-order valence-corrected chi connectivity index (χ3v) is 4.10. The molecule has 9 heteroatoms. The molecule has 0 fully saturated rings. The molecule has 2 heterocycles. The monoisotopic (exact) mass is 384 g/mol. The lowest BCUT2D eigenvalue weighted by molar-refractivity contribution is 0.139. The number of rotatable bonds is 5. The van der Waals surface area contributed by atoms with Crippen molar-refractivity contribution in [1.82, 2.24) is 19.5 Å². The summed E-state index contributed by atoms with van der Waals surface area (Å²) in [5, 5.41) is 3.02. The van der Waals surface area contributed by atoms with Gasteiger partial charge in [0.1, 0.15) is 18.3 Å². The predicted molar refractivity (Wildman–Crippen MR) is 101 cm³/mol. The van der Waals surface area contributed by atoms with Crippen LogP contribution in [0, 0.1) is 0 Å². The second kappa shape index (κ2) is 7.18. The molecule has 2 aromatic heterocycles. The molecule has 142 valence electrons. The van der Waals surface area contributed by atoms with Gasteiger partial charge in [-0.25, -0.2) is 18.2 Å². The standard InChI is InChI=1S/C19H15F3N6/c20-10-11-5-7-12(8-6-11)24-16-9-15(23)26-19(27-16)28-14-4-2-1-3-13(14)25-18(28)17(21)22/h1-9,17H,10H2,(H3,23,24,26,27). The molecule has 28 heavy (non-hydrogen) atoms. The van der Waals surface area contributed by atoms with Crippen molar-refractivity contribution in [2.24, 2.45) is 0 Å². The zero-order valence-corrected chi connectivity index (χ0v) is 14.5. The summed E-state index contributed by atoms with van der Waals surface area (Å²) in [6.45, 7) is -0.561. The van der Waals surface area contributed by atoms with Gasteiger partial charge in [-0.15, -0.1) is 0 Å². The molecular formula is C19H15F3N6. The molecule has 0 aliphatic rings. The molecule has 0 saturated heterocycles. The van der Waals surface area contributed by atoms with Crippen LogP contribution in [-0.4, -0.2) is 19.5 Å². The summed E-state index contributed by atoms with van der Waals surface area (Å²) in [7, 11) is 0. The van der Waals surface area contributed by atoms with E-state index in [0.29, 0.717) is 28.1 Å². The van der Waals surface area contributed by atoms with Crippen LogP contribution in [0.2, 0.25) is 0 Å². The van der Waals surface area contributed by atoms with E-state index in [0.717, 1.165) is 0 Å². The number of imidazole rings is 1. The summed E-state index contributed by atoms with van der Waals surface area (Å²) in [5.74, 6) is -0.0729. The molecule has 0 amide bonds. The number of hydrogen-bond acceptors (Lipinski definition) is 5. The number of fused-ring (bicyclic) bond motifs is 1. The minimum Gasteiger partial charge on any atom is -0.383 e. The maximum Gasteiger partial charge on any atom is 0.296 e. The summed E-state index contributed by atoms with van der Waals surface area (Å²) in [6, 6.07) is 14.8. The van der Waals surface area contributed by atoms with Gasteiger partial charge in [0, 0.05) is 11.8 Å². The van der Waals surface area contributed by atoms with Crippen LogP contribution in [0.5, 0.6) is 0 Å². The normalized spacial score (nSPS) is 11.3. The van der Waals surface area contributed by atoms with Gasteiger partial charge in [-0.05, 0) is 29.8 Å². The molecule has 0 radical (unpaired) electrons. The zero-order valence-electron chi connectivity index (χ0n) is 14.5. The summed E-state index contributed by atoms with van der Waals surface area (Å²) in [6.07, 6.45) is -2.82. The molecule has 0 aliphatic heterocycles. The Hall–Kier alpha value is -3.62. The van der Waals surface area contributed by atoms with E-state index in [1.807, 2.05) is 0 Å². The van der Waals surface area contributed by atoms with Crippen LogP contribution in [-0.2, 0) is 6.67 Å². The maximum atomic E-state index is 13.6. The van der Waals surface area contributed by atoms with Gasteiger partial charge in [0.25, 0.3) is 6.43 Å². The van der Waals surface area contributed by atoms with E-state index in [1.165, 1.54) is 10.6 Å². The van der Waals surface area contributed by atoms with Crippen molar-refractivity contribution >= 4 is 28.4 Å². The molecule has 2 aromatic carbocycles. The van der Waals surface area contributed by atoms with Crippen molar-refractivity contribution in [2.75, 3.05) is 11.1 Å². The van der Waals surface area contributed by atoms with Crippen LogP contribution in [0.25, 0.3) is 17.0 Å². The number of hydrogen-bond donors (Lipinski definition) is 2. The molecule has 0 spiro atoms. The highest BCUT2D eigenvalue weighted by molar-refractivity contribution is 5.78. The molecule has 6 nitrogen and oxygen atoms in total. The van der Waals surface area contributed by atoms with Crippen LogP contribution in [0.4, 0.5) is 30.5 Å². The molecular weight excluding hydrogens is 369 g/mol. The van der Waals surface area contributed by atoms with E-state index in [1.54, 1.807) is 48.5 Å². The van der Waals surface area contributed by atoms with Crippen molar-refractivity contribution in [3.05, 3.63) is 66.0 Å². The average molecular weight is 384 g/mol. The van der Waals surface area contributed by atoms with E-state index in [-0.39, 0.29) is 11.8 Å². The fraction of sp³-hybridized carbons (Fsp3) is 0.105. The Balaban J connectivity index is 1.79. The third kappa shape index (κ3) is 3.34. The number of benzene rings is 2. The summed E-state index contributed by atoms with van der Waals surface area (Å²) in [5.41, 5.74) is 7.91. The fourth-order valence-corrected chi connectivity index (χ4v) is 2.84. The Morgan fingerprint density at radius 1 is 1.00 bits per heavy atom. The van der Waals surface area contributed by atoms with Crippen LogP contribution < -0.4 is 11.1 Å². The Morgan fingerprint density at radius 3 is 2.46 bits per heavy atom. The van der Waals surface area contributed by atoms with Gasteiger partial charge >= 0.3 is 0 Å². The minimum absolute atomic E-state index is 0.0214. The fourth-order valence-electron chi connectivity index (χ4n) is 2.84. The van der Waals surface area contributed by atoms with Gasteiger partial charge in [-0.1, -0.05) is 24.3 Å². The number of nitrogen functional groups attached to an aromatic ring is 1. The number of para-hydroxylation sites is 2. The van der Waals surface area contributed by atoms with E-state index in [9.17, 15) is 13.2 Å². The van der Waals surface area contributed by atoms with E-state index in [4.69, 9.17) is 5.73 Å². The molecule has 0 atom stereocenters. The summed E-state index contributed by atoms with van der Waals surface area (Å²) < 4.78 is 40.9. The maximum absolute atomic E-state index is 13.6. The first-order valence-corrected chi connectivity index (χ1v) is 8.37. The number of aromatic nitrogens is 4. The second-order valence-corrected chi connectivity index (χ2v) is 6.03. The Labute approximate surface area is 157 Å². The van der Waals surface area contributed by atoms with Crippen molar-refractivity contribution < 1.29 is 13.2 Å². The minimum atomic E-state index is -2.82. The zero-order chi connectivity index (χ0) is 19.7. The second-order valence-electron chi connectivity index (χ2n) is 6.03. The largest absolute Gasteiger partial charge is 0.383 e. The smallest absolute Gasteiger partial charge is 0.296 e. The molecule has 0 unspecified atom stereocenters. The van der Waals surface area contributed by atoms with Gasteiger partial charge in [0.15, 0.2) is 5.82 Å². The third-order valence-electron chi connectivity index (χ3n) is 4.10. The van der Waals surface area contributed by atoms with Gasteiger partial charge in [-0.2, -0.15) is 9.97 Å². The number of nitrogens with two attached hydrogens (primary N) is 1. The van der Waals surface area contributed by atoms with E-state index < -0.39 is 18.9 Å². The molecule has 0 saturated carbocycles. The highest BCUT2D eigenvalue weighted by atomic mass is 19.3. The first-order chi connectivity index (χ1) is 13.5. The highest BCUT2D eigenvalue weighted by Crippen LogP contribution is 2.28.